The molecular formula is C17H27NO2. The lowest BCUT2D eigenvalue weighted by Gasteiger charge is -2.55. The molecule has 4 saturated carbocycles. The predicted molar refractivity (Wildman–Crippen MR) is 77.2 cm³/mol. The second kappa shape index (κ2) is 4.72. The number of carbonyl (C=O) groups is 1. The Hall–Kier alpha value is -0.570. The number of rotatable bonds is 2. The summed E-state index contributed by atoms with van der Waals surface area (Å²) >= 11 is 0. The molecule has 3 nitrogen and oxygen atoms in total. The van der Waals surface area contributed by atoms with Gasteiger partial charge in [-0.2, -0.15) is 0 Å². The van der Waals surface area contributed by atoms with Gasteiger partial charge in [-0.25, -0.2) is 0 Å². The van der Waals surface area contributed by atoms with E-state index in [2.05, 4.69) is 11.9 Å². The Bertz CT molecular complexity index is 363. The van der Waals surface area contributed by atoms with Crippen molar-refractivity contribution in [2.45, 2.75) is 57.5 Å². The van der Waals surface area contributed by atoms with Crippen LogP contribution in [0, 0.1) is 23.2 Å². The number of hydrogen-bond acceptors (Lipinski definition) is 3. The van der Waals surface area contributed by atoms with E-state index in [1.165, 1.54) is 19.3 Å². The molecule has 1 saturated heterocycles. The molecule has 0 unspecified atom stereocenters. The molecule has 1 heterocycles. The molecule has 4 aliphatic carbocycles. The number of likely N-dealkylation sites (tertiary alicyclic amines) is 1. The topological polar surface area (TPSA) is 29.5 Å². The highest BCUT2D eigenvalue weighted by atomic mass is 16.5. The van der Waals surface area contributed by atoms with Gasteiger partial charge >= 0.3 is 5.97 Å². The van der Waals surface area contributed by atoms with Crippen LogP contribution in [0.1, 0.15) is 51.4 Å². The lowest BCUT2D eigenvalue weighted by molar-refractivity contribution is -0.178. The largest absolute Gasteiger partial charge is 0.462 e. The van der Waals surface area contributed by atoms with E-state index < -0.39 is 0 Å². The fourth-order valence-electron chi connectivity index (χ4n) is 5.74. The predicted octanol–water partition coefficient (Wildman–Crippen LogP) is 2.84. The highest BCUT2D eigenvalue weighted by Gasteiger charge is 2.55. The SMILES string of the molecule is CN1CCC(OC(=O)C23CC4CC(CC(C4)C2)C3)CC1. The number of piperidine rings is 1. The van der Waals surface area contributed by atoms with E-state index in [4.69, 9.17) is 4.74 Å². The molecule has 5 rings (SSSR count). The van der Waals surface area contributed by atoms with Gasteiger partial charge in [-0.1, -0.05) is 0 Å². The molecule has 0 atom stereocenters. The van der Waals surface area contributed by atoms with Crippen LogP contribution in [-0.2, 0) is 9.53 Å². The van der Waals surface area contributed by atoms with Crippen LogP contribution in [0.2, 0.25) is 0 Å². The Morgan fingerprint density at radius 1 is 1.00 bits per heavy atom. The Labute approximate surface area is 122 Å². The molecule has 0 aromatic heterocycles. The highest BCUT2D eigenvalue weighted by molar-refractivity contribution is 5.77. The van der Waals surface area contributed by atoms with E-state index in [-0.39, 0.29) is 17.5 Å². The van der Waals surface area contributed by atoms with Gasteiger partial charge in [0.05, 0.1) is 5.41 Å². The van der Waals surface area contributed by atoms with Crippen molar-refractivity contribution in [2.24, 2.45) is 23.2 Å². The zero-order valence-electron chi connectivity index (χ0n) is 12.6. The first-order chi connectivity index (χ1) is 9.63. The number of carbonyl (C=O) groups excluding carboxylic acids is 1. The summed E-state index contributed by atoms with van der Waals surface area (Å²) < 4.78 is 5.96. The second-order valence-corrected chi connectivity index (χ2v) is 8.11. The Balaban J connectivity index is 1.43. The monoisotopic (exact) mass is 277 g/mol. The Morgan fingerprint density at radius 2 is 1.50 bits per heavy atom. The van der Waals surface area contributed by atoms with Crippen molar-refractivity contribution >= 4 is 5.97 Å². The van der Waals surface area contributed by atoms with Gasteiger partial charge in [0.15, 0.2) is 0 Å². The van der Waals surface area contributed by atoms with Gasteiger partial charge < -0.3 is 9.64 Å². The van der Waals surface area contributed by atoms with Gasteiger partial charge in [-0.3, -0.25) is 4.79 Å². The number of esters is 1. The summed E-state index contributed by atoms with van der Waals surface area (Å²) in [6, 6.07) is 0. The fourth-order valence-corrected chi connectivity index (χ4v) is 5.74. The maximum Gasteiger partial charge on any atom is 0.312 e. The standard InChI is InChI=1S/C17H27NO2/c1-18-4-2-15(3-5-18)20-16(19)17-9-12-6-13(10-17)8-14(7-12)11-17/h12-15H,2-11H2,1H3. The van der Waals surface area contributed by atoms with Crippen LogP contribution in [-0.4, -0.2) is 37.1 Å². The van der Waals surface area contributed by atoms with Gasteiger partial charge in [-0.05, 0) is 76.2 Å². The number of hydrogen-bond donors (Lipinski definition) is 0. The summed E-state index contributed by atoms with van der Waals surface area (Å²) in [4.78, 5) is 15.1. The van der Waals surface area contributed by atoms with Gasteiger partial charge in [-0.15, -0.1) is 0 Å². The number of ether oxygens (including phenoxy) is 1. The maximum absolute atomic E-state index is 12.8. The van der Waals surface area contributed by atoms with Crippen molar-refractivity contribution < 1.29 is 9.53 Å². The van der Waals surface area contributed by atoms with E-state index in [1.54, 1.807) is 0 Å². The van der Waals surface area contributed by atoms with Crippen molar-refractivity contribution in [3.05, 3.63) is 0 Å². The molecule has 0 N–H and O–H groups in total. The van der Waals surface area contributed by atoms with Crippen molar-refractivity contribution in [1.29, 1.82) is 0 Å². The van der Waals surface area contributed by atoms with Crippen molar-refractivity contribution in [1.82, 2.24) is 4.90 Å². The Kier molecular flexibility index (Phi) is 3.10. The van der Waals surface area contributed by atoms with Crippen molar-refractivity contribution in [3.8, 4) is 0 Å². The first-order valence-electron chi connectivity index (χ1n) is 8.53. The van der Waals surface area contributed by atoms with Crippen LogP contribution >= 0.6 is 0 Å². The van der Waals surface area contributed by atoms with Crippen LogP contribution in [0.4, 0.5) is 0 Å². The summed E-state index contributed by atoms with van der Waals surface area (Å²) in [5, 5.41) is 0. The molecule has 112 valence electrons. The molecule has 0 radical (unpaired) electrons. The van der Waals surface area contributed by atoms with Crippen LogP contribution < -0.4 is 0 Å². The smallest absolute Gasteiger partial charge is 0.312 e. The lowest BCUT2D eigenvalue weighted by atomic mass is 9.49. The summed E-state index contributed by atoms with van der Waals surface area (Å²) in [6.45, 7) is 2.14. The summed E-state index contributed by atoms with van der Waals surface area (Å²) in [5.41, 5.74) is -0.0713. The Morgan fingerprint density at radius 3 is 2.00 bits per heavy atom. The van der Waals surface area contributed by atoms with E-state index >= 15 is 0 Å². The normalized spacial score (nSPS) is 44.8. The van der Waals surface area contributed by atoms with E-state index in [1.807, 2.05) is 0 Å². The van der Waals surface area contributed by atoms with Crippen molar-refractivity contribution in [3.63, 3.8) is 0 Å². The van der Waals surface area contributed by atoms with Crippen LogP contribution in [0.25, 0.3) is 0 Å². The summed E-state index contributed by atoms with van der Waals surface area (Å²) in [6.07, 6.45) is 9.79. The molecule has 20 heavy (non-hydrogen) atoms. The zero-order valence-corrected chi connectivity index (χ0v) is 12.6. The molecule has 3 heteroatoms. The molecule has 5 fully saturated rings. The molecule has 5 aliphatic rings. The van der Waals surface area contributed by atoms with Crippen LogP contribution in [0.15, 0.2) is 0 Å². The summed E-state index contributed by atoms with van der Waals surface area (Å²) in [7, 11) is 2.15. The maximum atomic E-state index is 12.8. The fraction of sp³-hybridized carbons (Fsp3) is 0.941. The van der Waals surface area contributed by atoms with Gasteiger partial charge in [0, 0.05) is 13.1 Å². The quantitative estimate of drug-likeness (QED) is 0.727. The first kappa shape index (κ1) is 13.1. The first-order valence-corrected chi connectivity index (χ1v) is 8.53. The van der Waals surface area contributed by atoms with E-state index in [0.29, 0.717) is 0 Å². The van der Waals surface area contributed by atoms with Crippen LogP contribution in [0.3, 0.4) is 0 Å². The highest BCUT2D eigenvalue weighted by Crippen LogP contribution is 2.60. The molecule has 0 aromatic rings. The molecule has 1 aliphatic heterocycles. The minimum absolute atomic E-state index is 0.0713. The minimum atomic E-state index is -0.0713. The van der Waals surface area contributed by atoms with Gasteiger partial charge in [0.1, 0.15) is 6.10 Å². The number of nitrogens with zero attached hydrogens (tertiary/aromatic N) is 1. The zero-order chi connectivity index (χ0) is 13.7. The third kappa shape index (κ3) is 2.18. The molecule has 0 spiro atoms. The van der Waals surface area contributed by atoms with Gasteiger partial charge in [0.25, 0.3) is 0 Å². The van der Waals surface area contributed by atoms with Crippen LogP contribution in [0.5, 0.6) is 0 Å². The second-order valence-electron chi connectivity index (χ2n) is 8.11. The third-order valence-electron chi connectivity index (χ3n) is 6.41. The minimum Gasteiger partial charge on any atom is -0.462 e. The van der Waals surface area contributed by atoms with Gasteiger partial charge in [0.2, 0.25) is 0 Å². The average molecular weight is 277 g/mol. The van der Waals surface area contributed by atoms with E-state index in [9.17, 15) is 4.79 Å². The van der Waals surface area contributed by atoms with Crippen molar-refractivity contribution in [2.75, 3.05) is 20.1 Å². The lowest BCUT2D eigenvalue weighted by Crippen LogP contribution is -2.51. The molecule has 0 amide bonds. The summed E-state index contributed by atoms with van der Waals surface area (Å²) in [5.74, 6) is 2.65. The third-order valence-corrected chi connectivity index (χ3v) is 6.41. The average Bonchev–Trinajstić information content (AvgIpc) is 2.40. The molecule has 0 aromatic carbocycles. The molecular weight excluding hydrogens is 250 g/mol. The molecule has 4 bridgehead atoms. The van der Waals surface area contributed by atoms with E-state index in [0.717, 1.165) is 62.9 Å².